The largest absolute Gasteiger partial charge is 0.320 e. The van der Waals surface area contributed by atoms with Crippen molar-refractivity contribution in [2.45, 2.75) is 11.8 Å². The van der Waals surface area contributed by atoms with Gasteiger partial charge in [-0.1, -0.05) is 17.7 Å². The molecule has 21 heavy (non-hydrogen) atoms. The van der Waals surface area contributed by atoms with Crippen LogP contribution in [-0.4, -0.2) is 24.3 Å². The molecule has 0 saturated heterocycles. The lowest BCUT2D eigenvalue weighted by molar-refractivity contribution is 0.102. The molecule has 0 aliphatic carbocycles. The molecule has 1 aromatic carbocycles. The number of carbonyl (C=O) groups is 1. The number of hydrogen-bond donors (Lipinski definition) is 2. The second-order valence-electron chi connectivity index (χ2n) is 4.20. The standard InChI is InChI=1S/C12H11ClN4O3S/c1-7-2-3-8(21(14,19)20)4-9(7)17-12(18)10-5-15-6-11(13)16-10/h2-6H,1H3,(H,17,18)(H2,14,19,20). The molecule has 0 atom stereocenters. The Morgan fingerprint density at radius 3 is 2.67 bits per heavy atom. The lowest BCUT2D eigenvalue weighted by Crippen LogP contribution is -2.16. The van der Waals surface area contributed by atoms with Crippen molar-refractivity contribution < 1.29 is 13.2 Å². The number of hydrogen-bond acceptors (Lipinski definition) is 5. The van der Waals surface area contributed by atoms with E-state index in [1.165, 1.54) is 24.5 Å². The van der Waals surface area contributed by atoms with Gasteiger partial charge in [0.25, 0.3) is 5.91 Å². The predicted molar refractivity (Wildman–Crippen MR) is 77.5 cm³/mol. The molecular formula is C12H11ClN4O3S. The first-order valence-electron chi connectivity index (χ1n) is 5.70. The summed E-state index contributed by atoms with van der Waals surface area (Å²) in [5.41, 5.74) is 1.00. The third-order valence-electron chi connectivity index (χ3n) is 2.62. The molecule has 0 bridgehead atoms. The van der Waals surface area contributed by atoms with Crippen molar-refractivity contribution >= 4 is 33.2 Å². The molecule has 9 heteroatoms. The molecule has 0 aliphatic heterocycles. The van der Waals surface area contributed by atoms with Crippen LogP contribution in [0.2, 0.25) is 5.15 Å². The fraction of sp³-hybridized carbons (Fsp3) is 0.0833. The monoisotopic (exact) mass is 326 g/mol. The van der Waals surface area contributed by atoms with Crippen LogP contribution < -0.4 is 10.5 Å². The first-order valence-corrected chi connectivity index (χ1v) is 7.62. The molecule has 0 radical (unpaired) electrons. The number of aryl methyl sites for hydroxylation is 1. The second-order valence-corrected chi connectivity index (χ2v) is 6.15. The zero-order valence-corrected chi connectivity index (χ0v) is 12.4. The van der Waals surface area contributed by atoms with Gasteiger partial charge in [-0.05, 0) is 24.6 Å². The van der Waals surface area contributed by atoms with Crippen LogP contribution in [-0.2, 0) is 10.0 Å². The molecule has 0 saturated carbocycles. The van der Waals surface area contributed by atoms with Crippen molar-refractivity contribution in [3.63, 3.8) is 0 Å². The SMILES string of the molecule is Cc1ccc(S(N)(=O)=O)cc1NC(=O)c1cncc(Cl)n1. The van der Waals surface area contributed by atoms with Crippen LogP contribution in [0.1, 0.15) is 16.1 Å². The first kappa shape index (κ1) is 15.4. The molecule has 1 heterocycles. The smallest absolute Gasteiger partial charge is 0.275 e. The summed E-state index contributed by atoms with van der Waals surface area (Å²) in [5, 5.41) is 7.68. The number of rotatable bonds is 3. The van der Waals surface area contributed by atoms with E-state index >= 15 is 0 Å². The minimum Gasteiger partial charge on any atom is -0.320 e. The number of anilines is 1. The number of benzene rings is 1. The van der Waals surface area contributed by atoms with Gasteiger partial charge >= 0.3 is 0 Å². The molecule has 0 spiro atoms. The number of nitrogens with zero attached hydrogens (tertiary/aromatic N) is 2. The van der Waals surface area contributed by atoms with Crippen molar-refractivity contribution in [3.8, 4) is 0 Å². The number of nitrogens with one attached hydrogen (secondary N) is 1. The molecule has 1 amide bonds. The normalized spacial score (nSPS) is 11.2. The third kappa shape index (κ3) is 3.75. The number of halogens is 1. The molecule has 0 aliphatic rings. The number of primary sulfonamides is 1. The van der Waals surface area contributed by atoms with Crippen molar-refractivity contribution in [1.29, 1.82) is 0 Å². The van der Waals surface area contributed by atoms with Crippen LogP contribution in [0.5, 0.6) is 0 Å². The van der Waals surface area contributed by atoms with E-state index in [4.69, 9.17) is 16.7 Å². The summed E-state index contributed by atoms with van der Waals surface area (Å²) in [5.74, 6) is -0.556. The van der Waals surface area contributed by atoms with Gasteiger partial charge in [0.2, 0.25) is 10.0 Å². The molecule has 3 N–H and O–H groups in total. The van der Waals surface area contributed by atoms with E-state index in [1.54, 1.807) is 13.0 Å². The van der Waals surface area contributed by atoms with Crippen molar-refractivity contribution in [1.82, 2.24) is 9.97 Å². The number of carbonyl (C=O) groups excluding carboxylic acids is 1. The number of nitrogens with two attached hydrogens (primary N) is 1. The zero-order valence-electron chi connectivity index (χ0n) is 10.9. The topological polar surface area (TPSA) is 115 Å². The van der Waals surface area contributed by atoms with Crippen LogP contribution in [0.3, 0.4) is 0 Å². The fourth-order valence-corrected chi connectivity index (χ4v) is 2.24. The van der Waals surface area contributed by atoms with Gasteiger partial charge in [0.15, 0.2) is 0 Å². The highest BCUT2D eigenvalue weighted by atomic mass is 35.5. The maximum absolute atomic E-state index is 12.0. The lowest BCUT2D eigenvalue weighted by Gasteiger charge is -2.09. The molecule has 0 unspecified atom stereocenters. The van der Waals surface area contributed by atoms with E-state index in [-0.39, 0.29) is 15.7 Å². The molecular weight excluding hydrogens is 316 g/mol. The number of amides is 1. The Morgan fingerprint density at radius 2 is 2.05 bits per heavy atom. The number of sulfonamides is 1. The van der Waals surface area contributed by atoms with Crippen molar-refractivity contribution in [2.75, 3.05) is 5.32 Å². The maximum atomic E-state index is 12.0. The average Bonchev–Trinajstić information content (AvgIpc) is 2.40. The van der Waals surface area contributed by atoms with Gasteiger partial charge in [0.1, 0.15) is 10.8 Å². The minimum atomic E-state index is -3.85. The molecule has 1 aromatic heterocycles. The van der Waals surface area contributed by atoms with E-state index in [2.05, 4.69) is 15.3 Å². The Morgan fingerprint density at radius 1 is 1.33 bits per heavy atom. The van der Waals surface area contributed by atoms with Crippen LogP contribution in [0.4, 0.5) is 5.69 Å². The Kier molecular flexibility index (Phi) is 4.21. The minimum absolute atomic E-state index is 0.0166. The van der Waals surface area contributed by atoms with E-state index in [9.17, 15) is 13.2 Å². The van der Waals surface area contributed by atoms with Crippen molar-refractivity contribution in [3.05, 3.63) is 47.0 Å². The Hall–Kier alpha value is -2.03. The Bertz CT molecular complexity index is 808. The molecule has 2 rings (SSSR count). The Balaban J connectivity index is 2.33. The summed E-state index contributed by atoms with van der Waals surface area (Å²) in [6.45, 7) is 1.71. The maximum Gasteiger partial charge on any atom is 0.275 e. The summed E-state index contributed by atoms with van der Waals surface area (Å²) in [7, 11) is -3.85. The van der Waals surface area contributed by atoms with Gasteiger partial charge in [0.05, 0.1) is 17.3 Å². The van der Waals surface area contributed by atoms with Crippen LogP contribution in [0.15, 0.2) is 35.5 Å². The molecule has 2 aromatic rings. The molecule has 7 nitrogen and oxygen atoms in total. The summed E-state index contributed by atoms with van der Waals surface area (Å²) >= 11 is 5.66. The van der Waals surface area contributed by atoms with Crippen LogP contribution >= 0.6 is 11.6 Å². The summed E-state index contributed by atoms with van der Waals surface area (Å²) in [6, 6.07) is 4.18. The zero-order chi connectivity index (χ0) is 15.6. The van der Waals surface area contributed by atoms with Crippen molar-refractivity contribution in [2.24, 2.45) is 5.14 Å². The number of aromatic nitrogens is 2. The summed E-state index contributed by atoms with van der Waals surface area (Å²) in [6.07, 6.45) is 2.55. The molecule has 110 valence electrons. The van der Waals surface area contributed by atoms with Crippen LogP contribution in [0.25, 0.3) is 0 Å². The van der Waals surface area contributed by atoms with Gasteiger partial charge in [0, 0.05) is 5.69 Å². The van der Waals surface area contributed by atoms with E-state index in [0.717, 1.165) is 0 Å². The predicted octanol–water partition coefficient (Wildman–Crippen LogP) is 1.34. The summed E-state index contributed by atoms with van der Waals surface area (Å²) in [4.78, 5) is 19.5. The average molecular weight is 327 g/mol. The molecule has 0 fully saturated rings. The van der Waals surface area contributed by atoms with E-state index in [1.807, 2.05) is 0 Å². The highest BCUT2D eigenvalue weighted by Gasteiger charge is 2.14. The van der Waals surface area contributed by atoms with Gasteiger partial charge in [-0.15, -0.1) is 0 Å². The van der Waals surface area contributed by atoms with Gasteiger partial charge in [-0.3, -0.25) is 9.78 Å². The van der Waals surface area contributed by atoms with Gasteiger partial charge < -0.3 is 5.32 Å². The van der Waals surface area contributed by atoms with E-state index in [0.29, 0.717) is 11.3 Å². The Labute approximate surface area is 126 Å². The first-order chi connectivity index (χ1) is 9.77. The van der Waals surface area contributed by atoms with E-state index < -0.39 is 15.9 Å². The fourth-order valence-electron chi connectivity index (χ4n) is 1.55. The van der Waals surface area contributed by atoms with Gasteiger partial charge in [-0.2, -0.15) is 0 Å². The highest BCUT2D eigenvalue weighted by Crippen LogP contribution is 2.20. The van der Waals surface area contributed by atoms with Crippen LogP contribution in [0, 0.1) is 6.92 Å². The van der Waals surface area contributed by atoms with Gasteiger partial charge in [-0.25, -0.2) is 18.5 Å². The lowest BCUT2D eigenvalue weighted by atomic mass is 10.2. The quantitative estimate of drug-likeness (QED) is 0.883. The highest BCUT2D eigenvalue weighted by molar-refractivity contribution is 7.89. The second kappa shape index (κ2) is 5.76. The third-order valence-corrected chi connectivity index (χ3v) is 3.72. The summed E-state index contributed by atoms with van der Waals surface area (Å²) < 4.78 is 22.6.